The van der Waals surface area contributed by atoms with Gasteiger partial charge in [-0.3, -0.25) is 9.97 Å². The van der Waals surface area contributed by atoms with Gasteiger partial charge in [0.25, 0.3) is 0 Å². The van der Waals surface area contributed by atoms with E-state index in [9.17, 15) is 5.11 Å². The lowest BCUT2D eigenvalue weighted by atomic mass is 9.66. The van der Waals surface area contributed by atoms with Crippen LogP contribution in [0.2, 0.25) is 0 Å². The van der Waals surface area contributed by atoms with Crippen LogP contribution in [0.15, 0.2) is 12.4 Å². The summed E-state index contributed by atoms with van der Waals surface area (Å²) in [5, 5.41) is 11.3. The van der Waals surface area contributed by atoms with Crippen LogP contribution >= 0.6 is 0 Å². The number of aliphatic hydroxyl groups is 1. The Balaban J connectivity index is 0.000000431. The van der Waals surface area contributed by atoms with Crippen molar-refractivity contribution in [2.75, 3.05) is 21.3 Å². The van der Waals surface area contributed by atoms with Crippen molar-refractivity contribution in [3.05, 3.63) is 46.0 Å². The molecule has 2 heterocycles. The summed E-state index contributed by atoms with van der Waals surface area (Å²) in [6.45, 7) is 26.0. The Morgan fingerprint density at radius 2 is 1.02 bits per heavy atom. The van der Waals surface area contributed by atoms with E-state index in [0.29, 0.717) is 0 Å². The Morgan fingerprint density at radius 1 is 0.622 bits per heavy atom. The van der Waals surface area contributed by atoms with Crippen molar-refractivity contribution in [1.82, 2.24) is 9.97 Å². The molecule has 258 valence electrons. The monoisotopic (exact) mass is 629 g/mol. The van der Waals surface area contributed by atoms with E-state index in [1.165, 1.54) is 11.1 Å². The molecule has 45 heavy (non-hydrogen) atoms. The Bertz CT molecular complexity index is 1290. The summed E-state index contributed by atoms with van der Waals surface area (Å²) >= 11 is 0. The number of hydrogen-bond acceptors (Lipinski definition) is 6. The molecule has 0 saturated heterocycles. The van der Waals surface area contributed by atoms with Gasteiger partial charge in [0.15, 0.2) is 0 Å². The topological polar surface area (TPSA) is 73.7 Å². The third-order valence-electron chi connectivity index (χ3n) is 9.77. The molecule has 0 saturated carbocycles. The van der Waals surface area contributed by atoms with Crippen molar-refractivity contribution >= 4 is 0 Å². The van der Waals surface area contributed by atoms with Crippen LogP contribution in [0.3, 0.4) is 0 Å². The van der Waals surface area contributed by atoms with Crippen LogP contribution in [0.4, 0.5) is 0 Å². The summed E-state index contributed by atoms with van der Waals surface area (Å²) in [5.74, 6) is 1.91. The molecule has 2 aliphatic rings. The highest BCUT2D eigenvalue weighted by atomic mass is 16.5. The lowest BCUT2D eigenvalue weighted by Gasteiger charge is -2.47. The maximum absolute atomic E-state index is 11.3. The summed E-state index contributed by atoms with van der Waals surface area (Å²) in [5.41, 5.74) is 5.00. The fraction of sp³-hybridized carbons (Fsp3) is 0.744. The molecule has 1 N–H and O–H groups in total. The minimum absolute atomic E-state index is 0. The number of rotatable bonds is 3. The average Bonchev–Trinajstić information content (AvgIpc) is 2.89. The van der Waals surface area contributed by atoms with Crippen LogP contribution in [0.5, 0.6) is 11.5 Å². The first-order chi connectivity index (χ1) is 19.6. The van der Waals surface area contributed by atoms with E-state index < -0.39 is 5.60 Å². The van der Waals surface area contributed by atoms with Crippen LogP contribution in [-0.2, 0) is 39.6 Å². The first-order valence-electron chi connectivity index (χ1n) is 16.0. The third-order valence-corrected chi connectivity index (χ3v) is 9.77. The van der Waals surface area contributed by atoms with Crippen LogP contribution in [0, 0.1) is 10.8 Å². The zero-order valence-electron chi connectivity index (χ0n) is 30.0. The minimum Gasteiger partial charge on any atom is -0.496 e. The van der Waals surface area contributed by atoms with Crippen LogP contribution in [0.1, 0.15) is 157 Å². The van der Waals surface area contributed by atoms with Gasteiger partial charge >= 0.3 is 0 Å². The van der Waals surface area contributed by atoms with Crippen molar-refractivity contribution in [2.45, 2.75) is 158 Å². The largest absolute Gasteiger partial charge is 0.496 e. The number of pyridine rings is 2. The van der Waals surface area contributed by atoms with Crippen molar-refractivity contribution in [2.24, 2.45) is 10.8 Å². The van der Waals surface area contributed by atoms with Crippen molar-refractivity contribution in [1.29, 1.82) is 0 Å². The molecule has 6 heteroatoms. The fourth-order valence-corrected chi connectivity index (χ4v) is 7.01. The number of methoxy groups -OCH3 is 3. The molecule has 0 fully saturated rings. The van der Waals surface area contributed by atoms with E-state index in [-0.39, 0.29) is 42.1 Å². The van der Waals surface area contributed by atoms with Crippen molar-refractivity contribution in [3.63, 3.8) is 0 Å². The normalized spacial score (nSPS) is 21.6. The maximum atomic E-state index is 11.3. The highest BCUT2D eigenvalue weighted by Crippen LogP contribution is 2.52. The number of fused-ring (bicyclic) bond motifs is 2. The second kappa shape index (κ2) is 13.9. The molecule has 4 rings (SSSR count). The molecule has 0 spiro atoms. The Kier molecular flexibility index (Phi) is 12.6. The number of hydrogen-bond donors (Lipinski definition) is 1. The summed E-state index contributed by atoms with van der Waals surface area (Å²) in [6, 6.07) is 0. The predicted octanol–water partition coefficient (Wildman–Crippen LogP) is 9.84. The molecule has 2 aromatic heterocycles. The summed E-state index contributed by atoms with van der Waals surface area (Å²) in [4.78, 5) is 9.56. The number of ether oxygens (including phenoxy) is 3. The molecule has 2 atom stereocenters. The molecular weight excluding hydrogens is 560 g/mol. The minimum atomic E-state index is -0.885. The van der Waals surface area contributed by atoms with Crippen molar-refractivity contribution in [3.8, 4) is 11.5 Å². The maximum Gasteiger partial charge on any atom is 0.129 e. The van der Waals surface area contributed by atoms with E-state index >= 15 is 0 Å². The second-order valence-electron chi connectivity index (χ2n) is 16.7. The summed E-state index contributed by atoms with van der Waals surface area (Å²) in [6.07, 6.45) is 9.64. The highest BCUT2D eigenvalue weighted by molar-refractivity contribution is 5.50. The van der Waals surface area contributed by atoms with E-state index in [1.54, 1.807) is 14.2 Å². The van der Waals surface area contributed by atoms with Gasteiger partial charge in [0.1, 0.15) is 22.7 Å². The zero-order chi connectivity index (χ0) is 32.8. The standard InChI is InChI=1S/C19H31NO2.C18H29NO2.2CH4/c1-17(2,3)14-12-20-16-13(15(14)21-7)10-9-11-19(16,22-8)18(4,5)6;1-16(2,3)13-11-19-15-12(14(13)21-7)9-8-10-18(15,20)17(4,5)6;;/h12H,9-11H2,1-8H3;11,20H,8-10H2,1-7H3;2*1H4. The van der Waals surface area contributed by atoms with E-state index in [2.05, 4.69) is 88.1 Å². The SMILES string of the molecule is C.C.COc1c(C(C)(C)C)cnc2c1CCCC2(O)C(C)(C)C.COc1c(C(C)(C)C)cnc2c1CCCC2(OC)C(C)(C)C. The van der Waals surface area contributed by atoms with Gasteiger partial charge < -0.3 is 19.3 Å². The molecule has 0 aromatic carbocycles. The lowest BCUT2D eigenvalue weighted by molar-refractivity contribution is -0.114. The molecule has 0 radical (unpaired) electrons. The average molecular weight is 629 g/mol. The van der Waals surface area contributed by atoms with Gasteiger partial charge in [-0.2, -0.15) is 0 Å². The van der Waals surface area contributed by atoms with Gasteiger partial charge in [0, 0.05) is 41.8 Å². The van der Waals surface area contributed by atoms with Gasteiger partial charge in [-0.15, -0.1) is 0 Å². The highest BCUT2D eigenvalue weighted by Gasteiger charge is 2.49. The van der Waals surface area contributed by atoms with Gasteiger partial charge in [-0.05, 0) is 60.2 Å². The Hall–Kier alpha value is -2.18. The van der Waals surface area contributed by atoms with Gasteiger partial charge in [-0.1, -0.05) is 97.9 Å². The van der Waals surface area contributed by atoms with E-state index in [0.717, 1.165) is 72.5 Å². The zero-order valence-corrected chi connectivity index (χ0v) is 30.0. The third kappa shape index (κ3) is 7.38. The summed E-state index contributed by atoms with van der Waals surface area (Å²) in [7, 11) is 5.30. The van der Waals surface area contributed by atoms with Gasteiger partial charge in [0.2, 0.25) is 0 Å². The van der Waals surface area contributed by atoms with Crippen LogP contribution < -0.4 is 9.47 Å². The van der Waals surface area contributed by atoms with Gasteiger partial charge in [0.05, 0.1) is 25.6 Å². The second-order valence-corrected chi connectivity index (χ2v) is 16.7. The summed E-state index contributed by atoms with van der Waals surface area (Å²) < 4.78 is 17.6. The van der Waals surface area contributed by atoms with Crippen LogP contribution in [0.25, 0.3) is 0 Å². The smallest absolute Gasteiger partial charge is 0.129 e. The number of nitrogens with zero attached hydrogens (tertiary/aromatic N) is 2. The molecule has 2 aromatic rings. The quantitative estimate of drug-likeness (QED) is 0.365. The molecule has 0 bridgehead atoms. The lowest BCUT2D eigenvalue weighted by Crippen LogP contribution is -2.45. The first-order valence-corrected chi connectivity index (χ1v) is 16.0. The molecule has 2 aliphatic carbocycles. The van der Waals surface area contributed by atoms with E-state index in [4.69, 9.17) is 19.2 Å². The molecule has 6 nitrogen and oxygen atoms in total. The Labute approximate surface area is 277 Å². The van der Waals surface area contributed by atoms with E-state index in [1.807, 2.05) is 19.5 Å². The molecule has 0 aliphatic heterocycles. The van der Waals surface area contributed by atoms with Crippen LogP contribution in [-0.4, -0.2) is 36.4 Å². The number of aromatic nitrogens is 2. The van der Waals surface area contributed by atoms with Crippen molar-refractivity contribution < 1.29 is 19.3 Å². The molecule has 2 unspecified atom stereocenters. The molecule has 0 amide bonds. The molecular formula is C39H68N2O4. The predicted molar refractivity (Wildman–Crippen MR) is 190 cm³/mol. The Morgan fingerprint density at radius 3 is 1.38 bits per heavy atom. The van der Waals surface area contributed by atoms with Gasteiger partial charge in [-0.25, -0.2) is 0 Å². The fourth-order valence-electron chi connectivity index (χ4n) is 7.01. The first kappa shape index (κ1) is 40.8.